The minimum absolute atomic E-state index is 0.105. The molecule has 0 aliphatic heterocycles. The number of rotatable bonds is 4. The van der Waals surface area contributed by atoms with Gasteiger partial charge in [0.05, 0.1) is 5.52 Å². The van der Waals surface area contributed by atoms with Crippen LogP contribution in [0.15, 0.2) is 36.5 Å². The highest BCUT2D eigenvalue weighted by Gasteiger charge is 2.03. The molecule has 0 saturated carbocycles. The zero-order chi connectivity index (χ0) is 12.1. The molecule has 0 unspecified atom stereocenters. The van der Waals surface area contributed by atoms with Crippen molar-refractivity contribution in [2.45, 2.75) is 26.3 Å². The molecule has 0 saturated heterocycles. The lowest BCUT2D eigenvalue weighted by Gasteiger charge is -2.07. The van der Waals surface area contributed by atoms with Gasteiger partial charge in [0.1, 0.15) is 0 Å². The van der Waals surface area contributed by atoms with Gasteiger partial charge in [0.2, 0.25) is 5.91 Å². The second kappa shape index (κ2) is 5.43. The molecular formula is C14H16N2O. The number of aromatic nitrogens is 1. The standard InChI is InChI=1S/C14H16N2O/c1-2-5-14(17)16-10-11-8-9-15-13-7-4-3-6-12(11)13/h3-4,6-9H,2,5,10H2,1H3,(H,16,17). The van der Waals surface area contributed by atoms with Gasteiger partial charge in [-0.3, -0.25) is 9.78 Å². The predicted molar refractivity (Wildman–Crippen MR) is 68.5 cm³/mol. The van der Waals surface area contributed by atoms with E-state index in [9.17, 15) is 4.79 Å². The molecule has 0 spiro atoms. The molecule has 0 fully saturated rings. The Kier molecular flexibility index (Phi) is 3.70. The summed E-state index contributed by atoms with van der Waals surface area (Å²) in [5.74, 6) is 0.105. The number of nitrogens with one attached hydrogen (secondary N) is 1. The number of hydrogen-bond donors (Lipinski definition) is 1. The van der Waals surface area contributed by atoms with Gasteiger partial charge >= 0.3 is 0 Å². The highest BCUT2D eigenvalue weighted by Crippen LogP contribution is 2.15. The van der Waals surface area contributed by atoms with Crippen LogP contribution in [0.1, 0.15) is 25.3 Å². The molecule has 88 valence electrons. The van der Waals surface area contributed by atoms with Crippen LogP contribution in [-0.4, -0.2) is 10.9 Å². The topological polar surface area (TPSA) is 42.0 Å². The highest BCUT2D eigenvalue weighted by molar-refractivity contribution is 5.82. The van der Waals surface area contributed by atoms with Crippen LogP contribution in [0, 0.1) is 0 Å². The van der Waals surface area contributed by atoms with Crippen molar-refractivity contribution in [3.63, 3.8) is 0 Å². The lowest BCUT2D eigenvalue weighted by molar-refractivity contribution is -0.121. The number of amides is 1. The average Bonchev–Trinajstić information content (AvgIpc) is 2.36. The molecule has 1 amide bonds. The summed E-state index contributed by atoms with van der Waals surface area (Å²) in [6.45, 7) is 2.57. The van der Waals surface area contributed by atoms with Crippen LogP contribution >= 0.6 is 0 Å². The fourth-order valence-corrected chi connectivity index (χ4v) is 1.82. The smallest absolute Gasteiger partial charge is 0.220 e. The van der Waals surface area contributed by atoms with E-state index in [4.69, 9.17) is 0 Å². The van der Waals surface area contributed by atoms with Gasteiger partial charge < -0.3 is 5.32 Å². The predicted octanol–water partition coefficient (Wildman–Crippen LogP) is 2.65. The normalized spacial score (nSPS) is 10.4. The second-order valence-electron chi connectivity index (χ2n) is 4.01. The number of pyridine rings is 1. The van der Waals surface area contributed by atoms with Crippen molar-refractivity contribution < 1.29 is 4.79 Å². The fourth-order valence-electron chi connectivity index (χ4n) is 1.82. The first-order valence-corrected chi connectivity index (χ1v) is 5.90. The lowest BCUT2D eigenvalue weighted by atomic mass is 10.1. The maximum Gasteiger partial charge on any atom is 0.220 e. The molecule has 0 radical (unpaired) electrons. The summed E-state index contributed by atoms with van der Waals surface area (Å²) in [5.41, 5.74) is 2.08. The van der Waals surface area contributed by atoms with E-state index in [2.05, 4.69) is 10.3 Å². The molecule has 0 aliphatic rings. The van der Waals surface area contributed by atoms with Crippen LogP contribution in [0.4, 0.5) is 0 Å². The van der Waals surface area contributed by atoms with Crippen molar-refractivity contribution in [2.75, 3.05) is 0 Å². The van der Waals surface area contributed by atoms with E-state index in [0.29, 0.717) is 13.0 Å². The van der Waals surface area contributed by atoms with Crippen LogP contribution in [0.3, 0.4) is 0 Å². The molecule has 1 N–H and O–H groups in total. The molecule has 2 rings (SSSR count). The van der Waals surface area contributed by atoms with Crippen LogP contribution in [0.5, 0.6) is 0 Å². The molecule has 17 heavy (non-hydrogen) atoms. The van der Waals surface area contributed by atoms with Crippen molar-refractivity contribution >= 4 is 16.8 Å². The van der Waals surface area contributed by atoms with Crippen molar-refractivity contribution in [3.8, 4) is 0 Å². The Balaban J connectivity index is 2.16. The lowest BCUT2D eigenvalue weighted by Crippen LogP contribution is -2.22. The number of hydrogen-bond acceptors (Lipinski definition) is 2. The summed E-state index contributed by atoms with van der Waals surface area (Å²) >= 11 is 0. The first-order chi connectivity index (χ1) is 8.31. The number of carbonyl (C=O) groups is 1. The largest absolute Gasteiger partial charge is 0.352 e. The molecule has 0 bridgehead atoms. The van der Waals surface area contributed by atoms with Crippen LogP contribution < -0.4 is 5.32 Å². The second-order valence-corrected chi connectivity index (χ2v) is 4.01. The zero-order valence-corrected chi connectivity index (χ0v) is 9.94. The number of para-hydroxylation sites is 1. The van der Waals surface area contributed by atoms with Gasteiger partial charge in [0.15, 0.2) is 0 Å². The minimum atomic E-state index is 0.105. The van der Waals surface area contributed by atoms with Crippen molar-refractivity contribution in [1.29, 1.82) is 0 Å². The molecule has 0 atom stereocenters. The summed E-state index contributed by atoms with van der Waals surface area (Å²) in [7, 11) is 0. The molecule has 1 aromatic heterocycles. The molecular weight excluding hydrogens is 212 g/mol. The third-order valence-electron chi connectivity index (χ3n) is 2.69. The van der Waals surface area contributed by atoms with Gasteiger partial charge in [0.25, 0.3) is 0 Å². The summed E-state index contributed by atoms with van der Waals surface area (Å²) in [6, 6.07) is 9.92. The quantitative estimate of drug-likeness (QED) is 0.874. The number of benzene rings is 1. The zero-order valence-electron chi connectivity index (χ0n) is 9.94. The SMILES string of the molecule is CCCC(=O)NCc1ccnc2ccccc12. The highest BCUT2D eigenvalue weighted by atomic mass is 16.1. The van der Waals surface area contributed by atoms with E-state index in [0.717, 1.165) is 22.9 Å². The van der Waals surface area contributed by atoms with Gasteiger partial charge in [-0.15, -0.1) is 0 Å². The van der Waals surface area contributed by atoms with Gasteiger partial charge in [0, 0.05) is 24.5 Å². The molecule has 1 aromatic carbocycles. The summed E-state index contributed by atoms with van der Waals surface area (Å²) < 4.78 is 0. The Morgan fingerprint density at radius 1 is 1.29 bits per heavy atom. The van der Waals surface area contributed by atoms with E-state index in [1.54, 1.807) is 6.20 Å². The van der Waals surface area contributed by atoms with Crippen LogP contribution in [0.2, 0.25) is 0 Å². The summed E-state index contributed by atoms with van der Waals surface area (Å²) in [5, 5.41) is 4.03. The van der Waals surface area contributed by atoms with Gasteiger partial charge in [-0.1, -0.05) is 25.1 Å². The Morgan fingerprint density at radius 2 is 2.12 bits per heavy atom. The third kappa shape index (κ3) is 2.81. The Morgan fingerprint density at radius 3 is 2.94 bits per heavy atom. The van der Waals surface area contributed by atoms with Gasteiger partial charge in [-0.25, -0.2) is 0 Å². The monoisotopic (exact) mass is 228 g/mol. The minimum Gasteiger partial charge on any atom is -0.352 e. The van der Waals surface area contributed by atoms with Gasteiger partial charge in [-0.05, 0) is 24.1 Å². The molecule has 3 nitrogen and oxygen atoms in total. The molecule has 3 heteroatoms. The maximum absolute atomic E-state index is 11.4. The van der Waals surface area contributed by atoms with E-state index in [1.807, 2.05) is 37.3 Å². The molecule has 1 heterocycles. The number of fused-ring (bicyclic) bond motifs is 1. The third-order valence-corrected chi connectivity index (χ3v) is 2.69. The first-order valence-electron chi connectivity index (χ1n) is 5.90. The molecule has 0 aliphatic carbocycles. The van der Waals surface area contributed by atoms with Crippen molar-refractivity contribution in [3.05, 3.63) is 42.1 Å². The average molecular weight is 228 g/mol. The van der Waals surface area contributed by atoms with Crippen LogP contribution in [-0.2, 0) is 11.3 Å². The Bertz CT molecular complexity index is 517. The van der Waals surface area contributed by atoms with Crippen LogP contribution in [0.25, 0.3) is 10.9 Å². The van der Waals surface area contributed by atoms with Crippen molar-refractivity contribution in [2.24, 2.45) is 0 Å². The van der Waals surface area contributed by atoms with Gasteiger partial charge in [-0.2, -0.15) is 0 Å². The van der Waals surface area contributed by atoms with E-state index < -0.39 is 0 Å². The van der Waals surface area contributed by atoms with E-state index >= 15 is 0 Å². The molecule has 2 aromatic rings. The number of carbonyl (C=O) groups excluding carboxylic acids is 1. The van der Waals surface area contributed by atoms with E-state index in [1.165, 1.54) is 0 Å². The van der Waals surface area contributed by atoms with E-state index in [-0.39, 0.29) is 5.91 Å². The maximum atomic E-state index is 11.4. The first kappa shape index (κ1) is 11.6. The summed E-state index contributed by atoms with van der Waals surface area (Å²) in [6.07, 6.45) is 3.25. The summed E-state index contributed by atoms with van der Waals surface area (Å²) in [4.78, 5) is 15.7. The van der Waals surface area contributed by atoms with Crippen molar-refractivity contribution in [1.82, 2.24) is 10.3 Å². The fraction of sp³-hybridized carbons (Fsp3) is 0.286. The Hall–Kier alpha value is -1.90. The Labute approximate surface area is 101 Å². The number of nitrogens with zero attached hydrogens (tertiary/aromatic N) is 1.